The number of hydrogen-bond donors (Lipinski definition) is 0. The average Bonchev–Trinajstić information content (AvgIpc) is 3.32. The molecule has 0 aliphatic rings. The van der Waals surface area contributed by atoms with Crippen molar-refractivity contribution < 1.29 is 28.6 Å². The molecule has 0 unspecified atom stereocenters. The molecule has 0 aromatic rings. The van der Waals surface area contributed by atoms with E-state index in [4.69, 9.17) is 14.2 Å². The standard InChI is InChI=1S/C57H111O6PS3/c1-4-7-10-13-16-19-22-25-28-31-34-37-40-43-49-61-55(58)46-52-65-64(66-53-47-56(59)62-50-44-41-38-35-32-29-26-23-20-17-14-11-8-5-2)67-54-48-57(60)63-51-45-42-39-36-33-30-27-24-21-18-15-12-9-6-3/h4-54H2,1-3H3. The van der Waals surface area contributed by atoms with Gasteiger partial charge in [-0.3, -0.25) is 14.4 Å². The van der Waals surface area contributed by atoms with Crippen LogP contribution in [0.1, 0.15) is 310 Å². The number of esters is 3. The van der Waals surface area contributed by atoms with Gasteiger partial charge in [0.25, 0.3) is 0 Å². The van der Waals surface area contributed by atoms with Crippen LogP contribution in [0.4, 0.5) is 0 Å². The first-order valence-electron chi connectivity index (χ1n) is 29.2. The summed E-state index contributed by atoms with van der Waals surface area (Å²) in [6, 6.07) is 0. The van der Waals surface area contributed by atoms with E-state index in [0.29, 0.717) is 56.3 Å². The zero-order valence-electron chi connectivity index (χ0n) is 44.7. The molecular formula is C57H111O6PS3. The maximum Gasteiger partial charge on any atom is 0.306 e. The third-order valence-corrected chi connectivity index (χ3v) is 23.8. The summed E-state index contributed by atoms with van der Waals surface area (Å²) in [5, 5.41) is 0. The summed E-state index contributed by atoms with van der Waals surface area (Å²) in [4.78, 5) is 37.7. The summed E-state index contributed by atoms with van der Waals surface area (Å²) in [6.07, 6.45) is 56.3. The highest BCUT2D eigenvalue weighted by molar-refractivity contribution is 9.12. The highest BCUT2D eigenvalue weighted by Crippen LogP contribution is 2.70. The molecule has 0 rings (SSSR count). The van der Waals surface area contributed by atoms with Crippen LogP contribution >= 0.6 is 39.7 Å². The summed E-state index contributed by atoms with van der Waals surface area (Å²) >= 11 is 5.34. The molecule has 0 atom stereocenters. The molecule has 0 heterocycles. The Kier molecular flexibility index (Phi) is 58.4. The van der Waals surface area contributed by atoms with Gasteiger partial charge < -0.3 is 14.2 Å². The van der Waals surface area contributed by atoms with Crippen molar-refractivity contribution in [3.63, 3.8) is 0 Å². The zero-order chi connectivity index (χ0) is 48.6. The van der Waals surface area contributed by atoms with Crippen LogP contribution < -0.4 is 0 Å². The van der Waals surface area contributed by atoms with E-state index in [-0.39, 0.29) is 17.9 Å². The van der Waals surface area contributed by atoms with Gasteiger partial charge in [-0.05, 0) is 19.3 Å². The van der Waals surface area contributed by atoms with E-state index in [9.17, 15) is 14.4 Å². The van der Waals surface area contributed by atoms with Gasteiger partial charge in [0.2, 0.25) is 0 Å². The molecule has 398 valence electrons. The number of unbranched alkanes of at least 4 members (excludes halogenated alkanes) is 39. The molecule has 0 radical (unpaired) electrons. The molecule has 0 aromatic heterocycles. The van der Waals surface area contributed by atoms with E-state index in [1.54, 1.807) is 34.1 Å². The highest BCUT2D eigenvalue weighted by Gasteiger charge is 2.16. The fraction of sp³-hybridized carbons (Fsp3) is 0.947. The molecule has 67 heavy (non-hydrogen) atoms. The molecule has 0 saturated carbocycles. The van der Waals surface area contributed by atoms with Crippen LogP contribution in [0.5, 0.6) is 0 Å². The SMILES string of the molecule is CCCCCCCCCCCCCCCCOC(=O)CCSP(SCCC(=O)OCCCCCCCCCCCCCCCC)SCCC(=O)OCCCCCCCCCCCCCCCC. The molecule has 10 heteroatoms. The van der Waals surface area contributed by atoms with Crippen molar-refractivity contribution >= 4 is 57.6 Å². The van der Waals surface area contributed by atoms with Crippen molar-refractivity contribution in [3.05, 3.63) is 0 Å². The first-order valence-corrected chi connectivity index (χ1v) is 35.3. The lowest BCUT2D eigenvalue weighted by atomic mass is 10.0. The number of ether oxygens (including phenoxy) is 3. The molecule has 0 bridgehead atoms. The minimum Gasteiger partial charge on any atom is -0.466 e. The topological polar surface area (TPSA) is 78.9 Å². The summed E-state index contributed by atoms with van der Waals surface area (Å²) in [6.45, 7) is 8.39. The van der Waals surface area contributed by atoms with Crippen molar-refractivity contribution in [2.45, 2.75) is 310 Å². The van der Waals surface area contributed by atoms with Gasteiger partial charge in [-0.25, -0.2) is 0 Å². The third-order valence-electron chi connectivity index (χ3n) is 12.8. The molecule has 0 aromatic carbocycles. The number of carbonyl (C=O) groups excluding carboxylic acids is 3. The number of rotatable bonds is 57. The third kappa shape index (κ3) is 56.7. The molecule has 0 aliphatic heterocycles. The summed E-state index contributed by atoms with van der Waals surface area (Å²) in [5.41, 5.74) is -0.627. The van der Waals surface area contributed by atoms with Gasteiger partial charge in [-0.15, -0.1) is 34.1 Å². The maximum atomic E-state index is 12.6. The molecule has 0 spiro atoms. The van der Waals surface area contributed by atoms with Crippen LogP contribution in [-0.2, 0) is 28.6 Å². The van der Waals surface area contributed by atoms with Crippen LogP contribution in [0.2, 0.25) is 0 Å². The average molecular weight is 1020 g/mol. The Morgan fingerprint density at radius 3 is 0.612 bits per heavy atom. The minimum absolute atomic E-state index is 0.119. The second-order valence-corrected chi connectivity index (χ2v) is 29.6. The lowest BCUT2D eigenvalue weighted by Gasteiger charge is -2.15. The molecule has 0 saturated heterocycles. The maximum absolute atomic E-state index is 12.6. The molecular weight excluding hydrogens is 908 g/mol. The van der Waals surface area contributed by atoms with Crippen LogP contribution in [0.25, 0.3) is 0 Å². The first-order chi connectivity index (χ1) is 33.0. The quantitative estimate of drug-likeness (QED) is 0.0256. The van der Waals surface area contributed by atoms with Crippen molar-refractivity contribution in [1.82, 2.24) is 0 Å². The predicted molar refractivity (Wildman–Crippen MR) is 302 cm³/mol. The predicted octanol–water partition coefficient (Wildman–Crippen LogP) is 20.7. The Balaban J connectivity index is 4.27. The largest absolute Gasteiger partial charge is 0.466 e. The molecule has 6 nitrogen and oxygen atoms in total. The second kappa shape index (κ2) is 58.5. The van der Waals surface area contributed by atoms with Gasteiger partial charge in [0.05, 0.1) is 44.6 Å². The lowest BCUT2D eigenvalue weighted by Crippen LogP contribution is -2.07. The lowest BCUT2D eigenvalue weighted by molar-refractivity contribution is -0.144. The highest BCUT2D eigenvalue weighted by atomic mass is 33.4. The van der Waals surface area contributed by atoms with E-state index < -0.39 is 5.53 Å². The van der Waals surface area contributed by atoms with E-state index in [1.165, 1.54) is 231 Å². The van der Waals surface area contributed by atoms with E-state index in [2.05, 4.69) is 20.8 Å². The summed E-state index contributed by atoms with van der Waals surface area (Å²) in [7, 11) is 0. The van der Waals surface area contributed by atoms with Gasteiger partial charge in [0, 0.05) is 17.3 Å². The molecule has 0 aliphatic carbocycles. The summed E-state index contributed by atoms with van der Waals surface area (Å²) < 4.78 is 16.8. The van der Waals surface area contributed by atoms with Gasteiger partial charge in [-0.2, -0.15) is 0 Å². The van der Waals surface area contributed by atoms with Crippen molar-refractivity contribution in [2.24, 2.45) is 0 Å². The van der Waals surface area contributed by atoms with Crippen LogP contribution in [0.15, 0.2) is 0 Å². The van der Waals surface area contributed by atoms with Gasteiger partial charge in [0.1, 0.15) is 0 Å². The molecule has 0 fully saturated rings. The molecule has 0 amide bonds. The number of hydrogen-bond acceptors (Lipinski definition) is 9. The second-order valence-electron chi connectivity index (χ2n) is 19.4. The fourth-order valence-electron chi connectivity index (χ4n) is 8.39. The Hall–Kier alpha value is -0.110. The molecule has 0 N–H and O–H groups in total. The normalized spacial score (nSPS) is 11.5. The van der Waals surface area contributed by atoms with Crippen molar-refractivity contribution in [2.75, 3.05) is 37.1 Å². The van der Waals surface area contributed by atoms with Crippen LogP contribution in [-0.4, -0.2) is 55.0 Å². The Labute approximate surface area is 430 Å². The fourth-order valence-corrected chi connectivity index (χ4v) is 18.7. The van der Waals surface area contributed by atoms with E-state index in [0.717, 1.165) is 38.5 Å². The first kappa shape index (κ1) is 66.9. The summed E-state index contributed by atoms with van der Waals surface area (Å²) in [5.74, 6) is 1.72. The number of carbonyl (C=O) groups is 3. The van der Waals surface area contributed by atoms with E-state index in [1.807, 2.05) is 0 Å². The minimum atomic E-state index is -0.627. The zero-order valence-corrected chi connectivity index (χ0v) is 48.0. The smallest absolute Gasteiger partial charge is 0.306 e. The Bertz CT molecular complexity index is 899. The van der Waals surface area contributed by atoms with E-state index >= 15 is 0 Å². The van der Waals surface area contributed by atoms with Crippen molar-refractivity contribution in [1.29, 1.82) is 0 Å². The van der Waals surface area contributed by atoms with Crippen LogP contribution in [0.3, 0.4) is 0 Å². The van der Waals surface area contributed by atoms with Gasteiger partial charge in [0.15, 0.2) is 0 Å². The Morgan fingerprint density at radius 1 is 0.269 bits per heavy atom. The van der Waals surface area contributed by atoms with Gasteiger partial charge in [-0.1, -0.05) is 271 Å². The Morgan fingerprint density at radius 2 is 0.433 bits per heavy atom. The van der Waals surface area contributed by atoms with Crippen LogP contribution in [0, 0.1) is 0 Å². The van der Waals surface area contributed by atoms with Crippen molar-refractivity contribution in [3.8, 4) is 0 Å². The monoisotopic (exact) mass is 1020 g/mol. The van der Waals surface area contributed by atoms with Gasteiger partial charge >= 0.3 is 17.9 Å².